The normalized spacial score (nSPS) is 9.90. The topological polar surface area (TPSA) is 45.2 Å². The van der Waals surface area contributed by atoms with Crippen molar-refractivity contribution in [1.82, 2.24) is 10.3 Å². The molecule has 4 heteroatoms. The molecule has 1 amide bonds. The Balaban J connectivity index is 2.04. The zero-order valence-corrected chi connectivity index (χ0v) is 11.9. The van der Waals surface area contributed by atoms with Crippen LogP contribution in [0.4, 0.5) is 5.82 Å². The molecule has 0 aliphatic rings. The fourth-order valence-electron chi connectivity index (χ4n) is 2.01. The van der Waals surface area contributed by atoms with E-state index in [1.807, 2.05) is 36.4 Å². The van der Waals surface area contributed by atoms with Crippen molar-refractivity contribution in [2.75, 3.05) is 18.0 Å². The molecule has 1 aromatic heterocycles. The number of carbonyl (C=O) groups is 1. The molecule has 0 unspecified atom stereocenters. The summed E-state index contributed by atoms with van der Waals surface area (Å²) in [4.78, 5) is 17.7. The van der Waals surface area contributed by atoms with E-state index < -0.39 is 0 Å². The largest absolute Gasteiger partial charge is 0.351 e. The van der Waals surface area contributed by atoms with Crippen molar-refractivity contribution in [3.05, 3.63) is 72.9 Å². The second kappa shape index (κ2) is 7.85. The van der Waals surface area contributed by atoms with Crippen molar-refractivity contribution < 1.29 is 4.79 Å². The van der Waals surface area contributed by atoms with Crippen LogP contribution in [0.1, 0.15) is 5.56 Å². The maximum absolute atomic E-state index is 11.2. The second-order valence-corrected chi connectivity index (χ2v) is 4.59. The molecule has 1 heterocycles. The highest BCUT2D eigenvalue weighted by Gasteiger charge is 2.08. The first kappa shape index (κ1) is 14.8. The first-order chi connectivity index (χ1) is 10.3. The number of benzene rings is 1. The van der Waals surface area contributed by atoms with Crippen LogP contribution in [0.5, 0.6) is 0 Å². The van der Waals surface area contributed by atoms with Gasteiger partial charge in [0.25, 0.3) is 0 Å². The molecule has 0 radical (unpaired) electrons. The predicted octanol–water partition coefficient (Wildman–Crippen LogP) is 2.39. The minimum Gasteiger partial charge on any atom is -0.351 e. The van der Waals surface area contributed by atoms with E-state index in [0.717, 1.165) is 12.4 Å². The van der Waals surface area contributed by atoms with Gasteiger partial charge in [0.2, 0.25) is 5.91 Å². The maximum atomic E-state index is 11.2. The fourth-order valence-corrected chi connectivity index (χ4v) is 2.01. The third kappa shape index (κ3) is 4.76. The highest BCUT2D eigenvalue weighted by Crippen LogP contribution is 2.13. The number of amides is 1. The van der Waals surface area contributed by atoms with Crippen LogP contribution in [0.25, 0.3) is 0 Å². The van der Waals surface area contributed by atoms with Gasteiger partial charge in [-0.1, -0.05) is 43.0 Å². The zero-order valence-electron chi connectivity index (χ0n) is 11.9. The van der Waals surface area contributed by atoms with E-state index >= 15 is 0 Å². The van der Waals surface area contributed by atoms with Crippen molar-refractivity contribution in [2.24, 2.45) is 0 Å². The Bertz CT molecular complexity index is 569. The maximum Gasteiger partial charge on any atom is 0.243 e. The quantitative estimate of drug-likeness (QED) is 0.793. The van der Waals surface area contributed by atoms with Crippen LogP contribution in [-0.2, 0) is 11.3 Å². The van der Waals surface area contributed by atoms with Gasteiger partial charge in [0.05, 0.1) is 0 Å². The van der Waals surface area contributed by atoms with E-state index in [-0.39, 0.29) is 5.91 Å². The number of carbonyl (C=O) groups excluding carboxylic acids is 1. The minimum absolute atomic E-state index is 0.157. The summed E-state index contributed by atoms with van der Waals surface area (Å²) in [5.74, 6) is 0.741. The lowest BCUT2D eigenvalue weighted by Gasteiger charge is -2.24. The summed E-state index contributed by atoms with van der Waals surface area (Å²) in [7, 11) is 0. The highest BCUT2D eigenvalue weighted by atomic mass is 16.1. The Morgan fingerprint density at radius 3 is 2.62 bits per heavy atom. The smallest absolute Gasteiger partial charge is 0.243 e. The van der Waals surface area contributed by atoms with E-state index in [2.05, 4.69) is 33.9 Å². The minimum atomic E-state index is -0.157. The molecule has 0 saturated heterocycles. The number of anilines is 1. The van der Waals surface area contributed by atoms with Gasteiger partial charge in [-0.25, -0.2) is 4.98 Å². The van der Waals surface area contributed by atoms with Crippen LogP contribution in [0.3, 0.4) is 0 Å². The molecule has 108 valence electrons. The van der Waals surface area contributed by atoms with Gasteiger partial charge in [-0.2, -0.15) is 0 Å². The van der Waals surface area contributed by atoms with Gasteiger partial charge in [-0.15, -0.1) is 0 Å². The van der Waals surface area contributed by atoms with E-state index in [1.54, 1.807) is 6.20 Å². The van der Waals surface area contributed by atoms with Crippen molar-refractivity contribution in [2.45, 2.75) is 6.54 Å². The summed E-state index contributed by atoms with van der Waals surface area (Å²) in [5, 5.41) is 2.79. The molecule has 2 aromatic rings. The molecule has 21 heavy (non-hydrogen) atoms. The van der Waals surface area contributed by atoms with E-state index in [4.69, 9.17) is 0 Å². The molecule has 0 aliphatic heterocycles. The number of hydrogen-bond acceptors (Lipinski definition) is 3. The van der Waals surface area contributed by atoms with E-state index in [1.165, 1.54) is 11.6 Å². The van der Waals surface area contributed by atoms with Crippen LogP contribution in [0.15, 0.2) is 67.4 Å². The molecule has 0 saturated carbocycles. The van der Waals surface area contributed by atoms with Gasteiger partial charge in [0.15, 0.2) is 0 Å². The van der Waals surface area contributed by atoms with Crippen molar-refractivity contribution >= 4 is 11.7 Å². The molecule has 0 fully saturated rings. The molecule has 0 spiro atoms. The Kier molecular flexibility index (Phi) is 5.52. The van der Waals surface area contributed by atoms with Crippen LogP contribution in [0.2, 0.25) is 0 Å². The summed E-state index contributed by atoms with van der Waals surface area (Å²) in [6.45, 7) is 5.43. The number of pyridine rings is 1. The predicted molar refractivity (Wildman–Crippen MR) is 84.9 cm³/mol. The first-order valence-electron chi connectivity index (χ1n) is 6.90. The van der Waals surface area contributed by atoms with Crippen molar-refractivity contribution in [3.8, 4) is 0 Å². The Morgan fingerprint density at radius 2 is 1.95 bits per heavy atom. The van der Waals surface area contributed by atoms with Gasteiger partial charge < -0.3 is 10.2 Å². The summed E-state index contributed by atoms with van der Waals surface area (Å²) in [5.41, 5.74) is 1.21. The van der Waals surface area contributed by atoms with Crippen LogP contribution >= 0.6 is 0 Å². The number of nitrogens with zero attached hydrogens (tertiary/aromatic N) is 2. The number of aromatic nitrogens is 1. The van der Waals surface area contributed by atoms with Gasteiger partial charge in [-0.05, 0) is 23.8 Å². The Morgan fingerprint density at radius 1 is 1.19 bits per heavy atom. The van der Waals surface area contributed by atoms with Gasteiger partial charge >= 0.3 is 0 Å². The lowest BCUT2D eigenvalue weighted by Crippen LogP contribution is -2.34. The van der Waals surface area contributed by atoms with Gasteiger partial charge in [-0.3, -0.25) is 4.79 Å². The molecule has 0 bridgehead atoms. The van der Waals surface area contributed by atoms with E-state index in [9.17, 15) is 4.79 Å². The van der Waals surface area contributed by atoms with Crippen LogP contribution in [-0.4, -0.2) is 24.0 Å². The van der Waals surface area contributed by atoms with Crippen LogP contribution in [0, 0.1) is 0 Å². The fraction of sp³-hybridized carbons (Fsp3) is 0.176. The van der Waals surface area contributed by atoms with Gasteiger partial charge in [0.1, 0.15) is 5.82 Å². The standard InChI is InChI=1S/C17H19N3O/c1-2-17(21)19-12-13-20(16-10-6-7-11-18-16)14-15-8-4-3-5-9-15/h2-11H,1,12-14H2,(H,19,21). The lowest BCUT2D eigenvalue weighted by molar-refractivity contribution is -0.116. The Labute approximate surface area is 125 Å². The monoisotopic (exact) mass is 281 g/mol. The molecule has 2 rings (SSSR count). The average molecular weight is 281 g/mol. The van der Waals surface area contributed by atoms with Gasteiger partial charge in [0, 0.05) is 25.8 Å². The third-order valence-electron chi connectivity index (χ3n) is 3.06. The molecule has 0 atom stereocenters. The van der Waals surface area contributed by atoms with E-state index in [0.29, 0.717) is 13.1 Å². The number of rotatable bonds is 7. The lowest BCUT2D eigenvalue weighted by atomic mass is 10.2. The SMILES string of the molecule is C=CC(=O)NCCN(Cc1ccccc1)c1ccccn1. The average Bonchev–Trinajstić information content (AvgIpc) is 2.55. The molecule has 4 nitrogen and oxygen atoms in total. The molecule has 1 aromatic carbocycles. The summed E-state index contributed by atoms with van der Waals surface area (Å²) in [6.07, 6.45) is 3.05. The molecular formula is C17H19N3O. The van der Waals surface area contributed by atoms with Crippen LogP contribution < -0.4 is 10.2 Å². The zero-order chi connectivity index (χ0) is 14.9. The summed E-state index contributed by atoms with van der Waals surface area (Å²) in [6, 6.07) is 16.0. The highest BCUT2D eigenvalue weighted by molar-refractivity contribution is 5.86. The Hall–Kier alpha value is -2.62. The molecule has 0 aliphatic carbocycles. The third-order valence-corrected chi connectivity index (χ3v) is 3.06. The number of hydrogen-bond donors (Lipinski definition) is 1. The summed E-state index contributed by atoms with van der Waals surface area (Å²) < 4.78 is 0. The first-order valence-corrected chi connectivity index (χ1v) is 6.90. The number of nitrogens with one attached hydrogen (secondary N) is 1. The molecule has 1 N–H and O–H groups in total. The molecular weight excluding hydrogens is 262 g/mol. The van der Waals surface area contributed by atoms with Crippen molar-refractivity contribution in [3.63, 3.8) is 0 Å². The summed E-state index contributed by atoms with van der Waals surface area (Å²) >= 11 is 0. The van der Waals surface area contributed by atoms with Crippen molar-refractivity contribution in [1.29, 1.82) is 0 Å². The second-order valence-electron chi connectivity index (χ2n) is 4.59.